The summed E-state index contributed by atoms with van der Waals surface area (Å²) in [6.07, 6.45) is 0.344. The van der Waals surface area contributed by atoms with Crippen molar-refractivity contribution in [1.82, 2.24) is 0 Å². The number of phenols is 1. The van der Waals surface area contributed by atoms with Crippen molar-refractivity contribution in [2.75, 3.05) is 11.9 Å². The summed E-state index contributed by atoms with van der Waals surface area (Å²) in [6, 6.07) is 14.3. The molecule has 1 amide bonds. The Kier molecular flexibility index (Phi) is 4.22. The van der Waals surface area contributed by atoms with E-state index in [1.54, 1.807) is 36.2 Å². The van der Waals surface area contributed by atoms with Gasteiger partial charge in [0, 0.05) is 17.2 Å². The highest BCUT2D eigenvalue weighted by molar-refractivity contribution is 9.10. The Hall–Kier alpha value is -1.81. The summed E-state index contributed by atoms with van der Waals surface area (Å²) in [6.45, 7) is 0. The lowest BCUT2D eigenvalue weighted by molar-refractivity contribution is -0.117. The second kappa shape index (κ2) is 5.89. The average Bonchev–Trinajstić information content (AvgIpc) is 2.39. The number of nitrogens with zero attached hydrogens (tertiary/aromatic N) is 1. The summed E-state index contributed by atoms with van der Waals surface area (Å²) in [5, 5.41) is 9.23. The van der Waals surface area contributed by atoms with Crippen LogP contribution in [0, 0.1) is 0 Å². The molecular weight excluding hydrogens is 306 g/mol. The van der Waals surface area contributed by atoms with E-state index in [0.29, 0.717) is 6.42 Å². The van der Waals surface area contributed by atoms with E-state index >= 15 is 0 Å². The van der Waals surface area contributed by atoms with Crippen LogP contribution in [0.15, 0.2) is 53.0 Å². The largest absolute Gasteiger partial charge is 0.508 e. The van der Waals surface area contributed by atoms with Crippen molar-refractivity contribution in [3.8, 4) is 5.75 Å². The quantitative estimate of drug-likeness (QED) is 0.942. The zero-order valence-corrected chi connectivity index (χ0v) is 12.1. The molecule has 0 heterocycles. The minimum absolute atomic E-state index is 0.00351. The summed E-state index contributed by atoms with van der Waals surface area (Å²) < 4.78 is 0.963. The zero-order chi connectivity index (χ0) is 13.8. The van der Waals surface area contributed by atoms with Gasteiger partial charge < -0.3 is 10.0 Å². The normalized spacial score (nSPS) is 10.2. The SMILES string of the molecule is CN(C(=O)Cc1cccc(Br)c1)c1ccc(O)cc1. The first-order valence-corrected chi connectivity index (χ1v) is 6.65. The van der Waals surface area contributed by atoms with Crippen LogP contribution in [0.25, 0.3) is 0 Å². The molecule has 4 heteroatoms. The maximum atomic E-state index is 12.2. The number of anilines is 1. The number of rotatable bonds is 3. The molecule has 0 aliphatic carbocycles. The molecule has 3 nitrogen and oxygen atoms in total. The first-order chi connectivity index (χ1) is 9.06. The fourth-order valence-electron chi connectivity index (χ4n) is 1.76. The molecule has 0 spiro atoms. The number of carbonyl (C=O) groups excluding carboxylic acids is 1. The Bertz CT molecular complexity index is 581. The number of phenolic OH excluding ortho intramolecular Hbond substituents is 1. The standard InChI is InChI=1S/C15H14BrNO2/c1-17(13-5-7-14(18)8-6-13)15(19)10-11-3-2-4-12(16)9-11/h2-9,18H,10H2,1H3. The first-order valence-electron chi connectivity index (χ1n) is 5.86. The van der Waals surface area contributed by atoms with Crippen LogP contribution in [0.1, 0.15) is 5.56 Å². The molecule has 1 N–H and O–H groups in total. The van der Waals surface area contributed by atoms with Crippen LogP contribution >= 0.6 is 15.9 Å². The molecule has 19 heavy (non-hydrogen) atoms. The van der Waals surface area contributed by atoms with Gasteiger partial charge >= 0.3 is 0 Å². The van der Waals surface area contributed by atoms with Crippen molar-refractivity contribution < 1.29 is 9.90 Å². The summed E-state index contributed by atoms with van der Waals surface area (Å²) in [7, 11) is 1.73. The van der Waals surface area contributed by atoms with E-state index in [9.17, 15) is 9.90 Å². The highest BCUT2D eigenvalue weighted by Gasteiger charge is 2.11. The van der Waals surface area contributed by atoms with Crippen molar-refractivity contribution in [3.05, 3.63) is 58.6 Å². The number of hydrogen-bond donors (Lipinski definition) is 1. The third-order valence-electron chi connectivity index (χ3n) is 2.86. The number of carbonyl (C=O) groups is 1. The molecule has 0 aliphatic heterocycles. The molecular formula is C15H14BrNO2. The van der Waals surface area contributed by atoms with Crippen molar-refractivity contribution in [3.63, 3.8) is 0 Å². The summed E-state index contributed by atoms with van der Waals surface area (Å²) >= 11 is 3.39. The van der Waals surface area contributed by atoms with Crippen LogP contribution in [0.4, 0.5) is 5.69 Å². The summed E-state index contributed by atoms with van der Waals surface area (Å²) in [5.74, 6) is 0.195. The van der Waals surface area contributed by atoms with E-state index in [4.69, 9.17) is 0 Å². The Morgan fingerprint density at radius 2 is 1.89 bits per heavy atom. The molecule has 0 saturated carbocycles. The van der Waals surface area contributed by atoms with Gasteiger partial charge in [-0.3, -0.25) is 4.79 Å². The van der Waals surface area contributed by atoms with Gasteiger partial charge in [0.15, 0.2) is 0 Å². The maximum absolute atomic E-state index is 12.2. The number of halogens is 1. The van der Waals surface area contributed by atoms with Gasteiger partial charge in [0.25, 0.3) is 0 Å². The fourth-order valence-corrected chi connectivity index (χ4v) is 2.21. The highest BCUT2D eigenvalue weighted by Crippen LogP contribution is 2.19. The number of benzene rings is 2. The molecule has 2 aromatic carbocycles. The van der Waals surface area contributed by atoms with E-state index in [1.165, 1.54) is 0 Å². The van der Waals surface area contributed by atoms with Gasteiger partial charge in [-0.2, -0.15) is 0 Å². The minimum atomic E-state index is 0.00351. The Balaban J connectivity index is 2.09. The van der Waals surface area contributed by atoms with E-state index in [0.717, 1.165) is 15.7 Å². The third kappa shape index (κ3) is 3.58. The number of likely N-dealkylation sites (N-methyl/N-ethyl adjacent to an activating group) is 1. The van der Waals surface area contributed by atoms with E-state index in [1.807, 2.05) is 24.3 Å². The Morgan fingerprint density at radius 1 is 1.21 bits per heavy atom. The molecule has 0 unspecified atom stereocenters. The molecule has 0 saturated heterocycles. The van der Waals surface area contributed by atoms with Crippen LogP contribution in [-0.4, -0.2) is 18.1 Å². The lowest BCUT2D eigenvalue weighted by Crippen LogP contribution is -2.27. The van der Waals surface area contributed by atoms with Gasteiger partial charge in [0.2, 0.25) is 5.91 Å². The zero-order valence-electron chi connectivity index (χ0n) is 10.5. The summed E-state index contributed by atoms with van der Waals surface area (Å²) in [5.41, 5.74) is 1.72. The lowest BCUT2D eigenvalue weighted by atomic mass is 10.1. The van der Waals surface area contributed by atoms with Crippen molar-refractivity contribution in [1.29, 1.82) is 0 Å². The molecule has 0 aromatic heterocycles. The molecule has 0 bridgehead atoms. The molecule has 0 fully saturated rings. The predicted octanol–water partition coefficient (Wildman–Crippen LogP) is 3.36. The van der Waals surface area contributed by atoms with E-state index in [2.05, 4.69) is 15.9 Å². The van der Waals surface area contributed by atoms with Crippen molar-refractivity contribution in [2.24, 2.45) is 0 Å². The highest BCUT2D eigenvalue weighted by atomic mass is 79.9. The van der Waals surface area contributed by atoms with Crippen LogP contribution < -0.4 is 4.90 Å². The molecule has 2 rings (SSSR count). The Morgan fingerprint density at radius 3 is 2.53 bits per heavy atom. The molecule has 0 atom stereocenters. The lowest BCUT2D eigenvalue weighted by Gasteiger charge is -2.17. The van der Waals surface area contributed by atoms with Gasteiger partial charge in [-0.15, -0.1) is 0 Å². The van der Waals surface area contributed by atoms with Gasteiger partial charge in [0.1, 0.15) is 5.75 Å². The average molecular weight is 320 g/mol. The number of amides is 1. The molecule has 98 valence electrons. The predicted molar refractivity (Wildman–Crippen MR) is 79.4 cm³/mol. The van der Waals surface area contributed by atoms with Gasteiger partial charge in [0.05, 0.1) is 6.42 Å². The molecule has 2 aromatic rings. The molecule has 0 radical (unpaired) electrons. The fraction of sp³-hybridized carbons (Fsp3) is 0.133. The number of aromatic hydroxyl groups is 1. The van der Waals surface area contributed by atoms with Crippen LogP contribution in [-0.2, 0) is 11.2 Å². The van der Waals surface area contributed by atoms with Gasteiger partial charge in [-0.05, 0) is 42.0 Å². The topological polar surface area (TPSA) is 40.5 Å². The van der Waals surface area contributed by atoms with Crippen molar-refractivity contribution in [2.45, 2.75) is 6.42 Å². The van der Waals surface area contributed by atoms with Crippen LogP contribution in [0.5, 0.6) is 5.75 Å². The van der Waals surface area contributed by atoms with Gasteiger partial charge in [-0.1, -0.05) is 28.1 Å². The number of hydrogen-bond acceptors (Lipinski definition) is 2. The van der Waals surface area contributed by atoms with Crippen molar-refractivity contribution >= 4 is 27.5 Å². The first kappa shape index (κ1) is 13.6. The monoisotopic (exact) mass is 319 g/mol. The maximum Gasteiger partial charge on any atom is 0.231 e. The van der Waals surface area contributed by atoms with E-state index in [-0.39, 0.29) is 11.7 Å². The third-order valence-corrected chi connectivity index (χ3v) is 3.35. The second-order valence-corrected chi connectivity index (χ2v) is 5.19. The molecule has 0 aliphatic rings. The minimum Gasteiger partial charge on any atom is -0.508 e. The Labute approximate surface area is 120 Å². The van der Waals surface area contributed by atoms with Gasteiger partial charge in [-0.25, -0.2) is 0 Å². The summed E-state index contributed by atoms with van der Waals surface area (Å²) in [4.78, 5) is 13.7. The second-order valence-electron chi connectivity index (χ2n) is 4.28. The van der Waals surface area contributed by atoms with E-state index < -0.39 is 0 Å². The van der Waals surface area contributed by atoms with Crippen LogP contribution in [0.2, 0.25) is 0 Å². The smallest absolute Gasteiger partial charge is 0.231 e. The van der Waals surface area contributed by atoms with Crippen LogP contribution in [0.3, 0.4) is 0 Å².